The highest BCUT2D eigenvalue weighted by atomic mass is 35.5. The van der Waals surface area contributed by atoms with Crippen molar-refractivity contribution in [1.29, 1.82) is 0 Å². The molecule has 142 valence electrons. The fourth-order valence-electron chi connectivity index (χ4n) is 2.79. The molecule has 0 radical (unpaired) electrons. The van der Waals surface area contributed by atoms with E-state index in [0.717, 1.165) is 5.56 Å². The van der Waals surface area contributed by atoms with Crippen LogP contribution in [0.2, 0.25) is 10.0 Å². The number of nitrogens with one attached hydrogen (secondary N) is 1. The average molecular weight is 433 g/mol. The van der Waals surface area contributed by atoms with Crippen molar-refractivity contribution >= 4 is 44.7 Å². The first-order chi connectivity index (χ1) is 13.4. The molecule has 8 heteroatoms. The maximum absolute atomic E-state index is 12.4. The molecule has 0 amide bonds. The van der Waals surface area contributed by atoms with Gasteiger partial charge in [0.25, 0.3) is 10.0 Å². The molecule has 1 N–H and O–H groups in total. The number of anilines is 1. The van der Waals surface area contributed by atoms with Gasteiger partial charge < -0.3 is 10.1 Å². The van der Waals surface area contributed by atoms with Crippen LogP contribution in [0.1, 0.15) is 11.1 Å². The van der Waals surface area contributed by atoms with E-state index in [1.54, 1.807) is 42.5 Å². The number of ether oxygens (including phenoxy) is 1. The Morgan fingerprint density at radius 2 is 1.79 bits per heavy atom. The van der Waals surface area contributed by atoms with Crippen LogP contribution in [0.3, 0.4) is 0 Å². The molecule has 1 aliphatic heterocycles. The second kappa shape index (κ2) is 7.47. The van der Waals surface area contributed by atoms with Crippen molar-refractivity contribution in [3.8, 4) is 5.75 Å². The smallest absolute Gasteiger partial charge is 0.286 e. The highest BCUT2D eigenvalue weighted by molar-refractivity contribution is 7.90. The SMILES string of the molecule is O=S1(=O)N=C(c2ccc(OCc3cccc(Cl)c3)c(Cl)c2)Nc2ccccc21. The van der Waals surface area contributed by atoms with Crippen molar-refractivity contribution in [3.05, 3.63) is 87.9 Å². The first-order valence-corrected chi connectivity index (χ1v) is 10.5. The van der Waals surface area contributed by atoms with Crippen molar-refractivity contribution in [2.75, 3.05) is 5.32 Å². The summed E-state index contributed by atoms with van der Waals surface area (Å²) < 4.78 is 34.4. The largest absolute Gasteiger partial charge is 0.487 e. The molecule has 3 aromatic rings. The molecule has 0 saturated carbocycles. The summed E-state index contributed by atoms with van der Waals surface area (Å²) in [4.78, 5) is 0.145. The van der Waals surface area contributed by atoms with Gasteiger partial charge in [0, 0.05) is 10.6 Å². The van der Waals surface area contributed by atoms with Gasteiger partial charge in [0.1, 0.15) is 17.3 Å². The summed E-state index contributed by atoms with van der Waals surface area (Å²) in [6, 6.07) is 18.9. The van der Waals surface area contributed by atoms with Crippen LogP contribution in [0, 0.1) is 0 Å². The minimum absolute atomic E-state index is 0.145. The van der Waals surface area contributed by atoms with Crippen LogP contribution in [0.15, 0.2) is 76.0 Å². The number of hydrogen-bond acceptors (Lipinski definition) is 4. The van der Waals surface area contributed by atoms with Gasteiger partial charge in [-0.25, -0.2) is 0 Å². The van der Waals surface area contributed by atoms with Crippen LogP contribution in [0.25, 0.3) is 0 Å². The summed E-state index contributed by atoms with van der Waals surface area (Å²) in [5.41, 5.74) is 1.93. The van der Waals surface area contributed by atoms with Crippen molar-refractivity contribution in [2.45, 2.75) is 11.5 Å². The average Bonchev–Trinajstić information content (AvgIpc) is 2.66. The Bertz CT molecular complexity index is 1190. The predicted octanol–water partition coefficient (Wildman–Crippen LogP) is 5.13. The number of para-hydroxylation sites is 1. The molecule has 28 heavy (non-hydrogen) atoms. The minimum atomic E-state index is -3.77. The van der Waals surface area contributed by atoms with Gasteiger partial charge in [-0.3, -0.25) is 0 Å². The summed E-state index contributed by atoms with van der Waals surface area (Å²) >= 11 is 12.3. The zero-order valence-corrected chi connectivity index (χ0v) is 16.7. The number of halogens is 2. The first-order valence-electron chi connectivity index (χ1n) is 8.30. The third-order valence-electron chi connectivity index (χ3n) is 4.12. The van der Waals surface area contributed by atoms with E-state index in [-0.39, 0.29) is 10.7 Å². The molecule has 5 nitrogen and oxygen atoms in total. The van der Waals surface area contributed by atoms with Crippen LogP contribution >= 0.6 is 23.2 Å². The Morgan fingerprint density at radius 3 is 2.57 bits per heavy atom. The van der Waals surface area contributed by atoms with Crippen LogP contribution in [0.4, 0.5) is 5.69 Å². The molecule has 1 aliphatic rings. The fourth-order valence-corrected chi connectivity index (χ4v) is 4.38. The van der Waals surface area contributed by atoms with Gasteiger partial charge in [-0.05, 0) is 48.0 Å². The first kappa shape index (κ1) is 18.8. The topological polar surface area (TPSA) is 67.8 Å². The quantitative estimate of drug-likeness (QED) is 0.619. The molecular formula is C20H14Cl2N2O3S. The summed E-state index contributed by atoms with van der Waals surface area (Å²) in [7, 11) is -3.77. The molecule has 0 aromatic heterocycles. The van der Waals surface area contributed by atoms with Gasteiger partial charge in [0.15, 0.2) is 5.84 Å². The minimum Gasteiger partial charge on any atom is -0.487 e. The molecule has 0 fully saturated rings. The van der Waals surface area contributed by atoms with Crippen LogP contribution in [0.5, 0.6) is 5.75 Å². The Labute approximate surface area is 172 Å². The lowest BCUT2D eigenvalue weighted by atomic mass is 10.2. The number of amidine groups is 1. The van der Waals surface area contributed by atoms with Crippen molar-refractivity contribution in [3.63, 3.8) is 0 Å². The number of rotatable bonds is 4. The Morgan fingerprint density at radius 1 is 0.964 bits per heavy atom. The highest BCUT2D eigenvalue weighted by Crippen LogP contribution is 2.31. The van der Waals surface area contributed by atoms with Crippen molar-refractivity contribution < 1.29 is 13.2 Å². The van der Waals surface area contributed by atoms with Crippen molar-refractivity contribution in [1.82, 2.24) is 0 Å². The van der Waals surface area contributed by atoms with E-state index >= 15 is 0 Å². The third-order valence-corrected chi connectivity index (χ3v) is 5.98. The molecule has 0 bridgehead atoms. The zero-order chi connectivity index (χ0) is 19.7. The van der Waals surface area contributed by atoms with Gasteiger partial charge in [-0.15, -0.1) is 4.40 Å². The van der Waals surface area contributed by atoms with E-state index in [0.29, 0.717) is 33.7 Å². The molecule has 1 heterocycles. The highest BCUT2D eigenvalue weighted by Gasteiger charge is 2.25. The van der Waals surface area contributed by atoms with Gasteiger partial charge in [0.2, 0.25) is 0 Å². The van der Waals surface area contributed by atoms with Crippen LogP contribution in [-0.4, -0.2) is 14.3 Å². The maximum Gasteiger partial charge on any atom is 0.286 e. The molecule has 0 saturated heterocycles. The number of fused-ring (bicyclic) bond motifs is 1. The Kier molecular flexibility index (Phi) is 5.02. The number of nitrogens with zero attached hydrogens (tertiary/aromatic N) is 1. The van der Waals surface area contributed by atoms with E-state index in [9.17, 15) is 8.42 Å². The van der Waals surface area contributed by atoms with Gasteiger partial charge in [0.05, 0.1) is 10.7 Å². The lowest BCUT2D eigenvalue weighted by Gasteiger charge is -2.18. The van der Waals surface area contributed by atoms with E-state index in [4.69, 9.17) is 27.9 Å². The molecule has 0 aliphatic carbocycles. The second-order valence-corrected chi connectivity index (χ2v) is 8.52. The Hall–Kier alpha value is -2.54. The summed E-state index contributed by atoms with van der Waals surface area (Å²) in [6.45, 7) is 0.306. The molecule has 3 aromatic carbocycles. The second-order valence-electron chi connectivity index (χ2n) is 6.10. The monoisotopic (exact) mass is 432 g/mol. The molecule has 4 rings (SSSR count). The zero-order valence-electron chi connectivity index (χ0n) is 14.4. The maximum atomic E-state index is 12.4. The molecule has 0 spiro atoms. The van der Waals surface area contributed by atoms with E-state index < -0.39 is 10.0 Å². The van der Waals surface area contributed by atoms with E-state index in [2.05, 4.69) is 9.71 Å². The fraction of sp³-hybridized carbons (Fsp3) is 0.0500. The number of benzene rings is 3. The van der Waals surface area contributed by atoms with Crippen LogP contribution < -0.4 is 10.1 Å². The van der Waals surface area contributed by atoms with Gasteiger partial charge in [-0.2, -0.15) is 8.42 Å². The molecule has 0 atom stereocenters. The summed E-state index contributed by atoms with van der Waals surface area (Å²) in [5.74, 6) is 0.687. The number of hydrogen-bond donors (Lipinski definition) is 1. The lowest BCUT2D eigenvalue weighted by molar-refractivity contribution is 0.306. The summed E-state index contributed by atoms with van der Waals surface area (Å²) in [5, 5.41) is 4.01. The van der Waals surface area contributed by atoms with E-state index in [1.807, 2.05) is 18.2 Å². The molecule has 0 unspecified atom stereocenters. The number of sulfonamides is 1. The summed E-state index contributed by atoms with van der Waals surface area (Å²) in [6.07, 6.45) is 0. The predicted molar refractivity (Wildman–Crippen MR) is 111 cm³/mol. The lowest BCUT2D eigenvalue weighted by Crippen LogP contribution is -2.22. The van der Waals surface area contributed by atoms with E-state index in [1.165, 1.54) is 6.07 Å². The third kappa shape index (κ3) is 3.85. The van der Waals surface area contributed by atoms with Gasteiger partial charge in [-0.1, -0.05) is 47.5 Å². The van der Waals surface area contributed by atoms with Gasteiger partial charge >= 0.3 is 0 Å². The van der Waals surface area contributed by atoms with Crippen molar-refractivity contribution in [2.24, 2.45) is 4.40 Å². The molecular weight excluding hydrogens is 419 g/mol. The normalized spacial score (nSPS) is 14.6. The standard InChI is InChI=1S/C20H14Cl2N2O3S/c21-15-5-3-4-13(10-15)12-27-18-9-8-14(11-16(18)22)20-23-17-6-1-2-7-19(17)28(25,26)24-20/h1-11H,12H2,(H,23,24). The Balaban J connectivity index is 1.58. The van der Waals surface area contributed by atoms with Crippen LogP contribution in [-0.2, 0) is 16.6 Å².